The van der Waals surface area contributed by atoms with Gasteiger partial charge in [-0.3, -0.25) is 9.47 Å². The second-order valence-corrected chi connectivity index (χ2v) is 10.2. The van der Waals surface area contributed by atoms with Crippen molar-refractivity contribution >= 4 is 17.5 Å². The summed E-state index contributed by atoms with van der Waals surface area (Å²) in [6.07, 6.45) is 8.29. The molecule has 1 saturated carbocycles. The Morgan fingerprint density at radius 3 is 2.50 bits per heavy atom. The van der Waals surface area contributed by atoms with Crippen molar-refractivity contribution in [1.29, 1.82) is 0 Å². The molecule has 1 saturated heterocycles. The Hall–Kier alpha value is -2.51. The highest BCUT2D eigenvalue weighted by molar-refractivity contribution is 6.30. The highest BCUT2D eigenvalue weighted by Gasteiger charge is 2.45. The quantitative estimate of drug-likeness (QED) is 0.595. The van der Waals surface area contributed by atoms with Gasteiger partial charge < -0.3 is 4.90 Å². The molecular formula is C24H28ClN7. The van der Waals surface area contributed by atoms with Crippen molar-refractivity contribution < 1.29 is 0 Å². The van der Waals surface area contributed by atoms with Gasteiger partial charge in [0.1, 0.15) is 5.82 Å². The molecule has 2 aliphatic heterocycles. The minimum absolute atomic E-state index is 0.264. The van der Waals surface area contributed by atoms with E-state index in [0.717, 1.165) is 67.2 Å². The first kappa shape index (κ1) is 20.1. The van der Waals surface area contributed by atoms with E-state index in [1.807, 2.05) is 25.4 Å². The zero-order valence-corrected chi connectivity index (χ0v) is 19.4. The maximum absolute atomic E-state index is 6.40. The number of nitrogens with zero attached hydrogens (tertiary/aromatic N) is 7. The van der Waals surface area contributed by atoms with Crippen LogP contribution in [0.5, 0.6) is 0 Å². The number of benzene rings is 1. The number of hydrogen-bond donors (Lipinski definition) is 0. The Bertz CT molecular complexity index is 1140. The Morgan fingerprint density at radius 2 is 1.78 bits per heavy atom. The minimum Gasteiger partial charge on any atom is -0.341 e. The van der Waals surface area contributed by atoms with E-state index in [2.05, 4.69) is 43.4 Å². The van der Waals surface area contributed by atoms with E-state index in [4.69, 9.17) is 21.8 Å². The van der Waals surface area contributed by atoms with E-state index in [1.54, 1.807) is 0 Å². The lowest BCUT2D eigenvalue weighted by molar-refractivity contribution is 0.170. The van der Waals surface area contributed by atoms with Gasteiger partial charge in [0.15, 0.2) is 5.82 Å². The highest BCUT2D eigenvalue weighted by Crippen LogP contribution is 2.44. The van der Waals surface area contributed by atoms with Crippen LogP contribution in [-0.2, 0) is 13.1 Å². The molecule has 2 aromatic heterocycles. The lowest BCUT2D eigenvalue weighted by Gasteiger charge is -2.31. The van der Waals surface area contributed by atoms with Gasteiger partial charge in [-0.05, 0) is 68.9 Å². The fraction of sp³-hybridized carbons (Fsp3) is 0.500. The third kappa shape index (κ3) is 3.48. The number of aryl methyl sites for hydroxylation is 1. The molecule has 166 valence electrons. The molecule has 1 aromatic carbocycles. The monoisotopic (exact) mass is 449 g/mol. The summed E-state index contributed by atoms with van der Waals surface area (Å²) in [6.45, 7) is 7.95. The SMILES string of the molecule is Cc1cnc(N2CCC(c3nnc4n3-c3ccc(Cl)cc3CN(C3(C)CC3)C4)CC2)nc1. The van der Waals surface area contributed by atoms with Crippen molar-refractivity contribution in [3.63, 3.8) is 0 Å². The summed E-state index contributed by atoms with van der Waals surface area (Å²) in [5.41, 5.74) is 3.79. The topological polar surface area (TPSA) is 63.0 Å². The lowest BCUT2D eigenvalue weighted by Crippen LogP contribution is -2.35. The number of fused-ring (bicyclic) bond motifs is 3. The Labute approximate surface area is 193 Å². The Kier molecular flexibility index (Phi) is 4.73. The van der Waals surface area contributed by atoms with Crippen molar-refractivity contribution in [2.45, 2.75) is 64.1 Å². The molecule has 3 aromatic rings. The molecule has 0 amide bonds. The average Bonchev–Trinajstić information content (AvgIpc) is 3.46. The van der Waals surface area contributed by atoms with Crippen LogP contribution in [0, 0.1) is 6.92 Å². The van der Waals surface area contributed by atoms with Crippen LogP contribution in [0.1, 0.15) is 61.3 Å². The van der Waals surface area contributed by atoms with Crippen LogP contribution < -0.4 is 4.90 Å². The molecule has 6 rings (SSSR count). The highest BCUT2D eigenvalue weighted by atomic mass is 35.5. The maximum Gasteiger partial charge on any atom is 0.225 e. The van der Waals surface area contributed by atoms with Gasteiger partial charge in [-0.25, -0.2) is 9.97 Å². The van der Waals surface area contributed by atoms with Gasteiger partial charge in [-0.1, -0.05) is 11.6 Å². The summed E-state index contributed by atoms with van der Waals surface area (Å²) in [6, 6.07) is 6.24. The zero-order chi connectivity index (χ0) is 21.9. The van der Waals surface area contributed by atoms with Gasteiger partial charge >= 0.3 is 0 Å². The molecule has 4 heterocycles. The summed E-state index contributed by atoms with van der Waals surface area (Å²) >= 11 is 6.40. The van der Waals surface area contributed by atoms with Crippen LogP contribution in [0.3, 0.4) is 0 Å². The molecule has 3 aliphatic rings. The van der Waals surface area contributed by atoms with E-state index in [-0.39, 0.29) is 5.54 Å². The molecular weight excluding hydrogens is 422 g/mol. The van der Waals surface area contributed by atoms with Crippen molar-refractivity contribution in [3.8, 4) is 5.69 Å². The fourth-order valence-electron chi connectivity index (χ4n) is 5.06. The molecule has 0 radical (unpaired) electrons. The number of anilines is 1. The molecule has 2 fully saturated rings. The molecule has 32 heavy (non-hydrogen) atoms. The molecule has 0 N–H and O–H groups in total. The summed E-state index contributed by atoms with van der Waals surface area (Å²) in [4.78, 5) is 13.9. The van der Waals surface area contributed by atoms with Crippen LogP contribution in [0.15, 0.2) is 30.6 Å². The van der Waals surface area contributed by atoms with Crippen molar-refractivity contribution in [2.75, 3.05) is 18.0 Å². The molecule has 7 nitrogen and oxygen atoms in total. The predicted octanol–water partition coefficient (Wildman–Crippen LogP) is 4.27. The van der Waals surface area contributed by atoms with Gasteiger partial charge in [0, 0.05) is 48.5 Å². The van der Waals surface area contributed by atoms with E-state index in [0.29, 0.717) is 5.92 Å². The average molecular weight is 450 g/mol. The Balaban J connectivity index is 1.31. The smallest absolute Gasteiger partial charge is 0.225 e. The van der Waals surface area contributed by atoms with E-state index < -0.39 is 0 Å². The summed E-state index contributed by atoms with van der Waals surface area (Å²) in [7, 11) is 0. The normalized spacial score (nSPS) is 20.5. The maximum atomic E-state index is 6.40. The lowest BCUT2D eigenvalue weighted by atomic mass is 9.95. The van der Waals surface area contributed by atoms with Gasteiger partial charge in [-0.15, -0.1) is 10.2 Å². The first-order valence-corrected chi connectivity index (χ1v) is 11.9. The first-order chi connectivity index (χ1) is 15.5. The van der Waals surface area contributed by atoms with Gasteiger partial charge in [0.25, 0.3) is 0 Å². The largest absolute Gasteiger partial charge is 0.341 e. The third-order valence-electron chi connectivity index (χ3n) is 7.38. The van der Waals surface area contributed by atoms with Crippen molar-refractivity contribution in [2.24, 2.45) is 0 Å². The summed E-state index contributed by atoms with van der Waals surface area (Å²) in [5, 5.41) is 10.2. The first-order valence-electron chi connectivity index (χ1n) is 11.5. The predicted molar refractivity (Wildman–Crippen MR) is 124 cm³/mol. The van der Waals surface area contributed by atoms with E-state index >= 15 is 0 Å². The Morgan fingerprint density at radius 1 is 1.03 bits per heavy atom. The van der Waals surface area contributed by atoms with E-state index in [1.165, 1.54) is 24.1 Å². The molecule has 0 unspecified atom stereocenters. The molecule has 8 heteroatoms. The number of piperidine rings is 1. The zero-order valence-electron chi connectivity index (χ0n) is 18.6. The second kappa shape index (κ2) is 7.52. The van der Waals surface area contributed by atoms with Crippen LogP contribution >= 0.6 is 11.6 Å². The van der Waals surface area contributed by atoms with Crippen LogP contribution in [0.2, 0.25) is 5.02 Å². The van der Waals surface area contributed by atoms with Crippen molar-refractivity contribution in [1.82, 2.24) is 29.6 Å². The van der Waals surface area contributed by atoms with Gasteiger partial charge in [0.05, 0.1) is 12.2 Å². The molecule has 0 bridgehead atoms. The van der Waals surface area contributed by atoms with Crippen LogP contribution in [0.25, 0.3) is 5.69 Å². The molecule has 0 spiro atoms. The van der Waals surface area contributed by atoms with Crippen LogP contribution in [0.4, 0.5) is 5.95 Å². The molecule has 0 atom stereocenters. The number of halogens is 1. The van der Waals surface area contributed by atoms with Crippen molar-refractivity contribution in [3.05, 3.63) is 58.4 Å². The standard InChI is InChI=1S/C24H28ClN7/c1-16-12-26-23(27-13-16)30-9-5-17(6-10-30)22-29-28-21-15-31(24(2)7-8-24)14-18-11-19(25)3-4-20(18)32(21)22/h3-4,11-13,17H,5-10,14-15H2,1-2H3. The minimum atomic E-state index is 0.264. The van der Waals surface area contributed by atoms with E-state index in [9.17, 15) is 0 Å². The summed E-state index contributed by atoms with van der Waals surface area (Å²) < 4.78 is 2.32. The fourth-order valence-corrected chi connectivity index (χ4v) is 5.25. The number of hydrogen-bond acceptors (Lipinski definition) is 6. The number of aromatic nitrogens is 5. The third-order valence-corrected chi connectivity index (χ3v) is 7.61. The van der Waals surface area contributed by atoms with Gasteiger partial charge in [0.2, 0.25) is 5.95 Å². The number of rotatable bonds is 3. The molecule has 1 aliphatic carbocycles. The second-order valence-electron chi connectivity index (χ2n) is 9.76. The summed E-state index contributed by atoms with van der Waals surface area (Å²) in [5.74, 6) is 3.31. The van der Waals surface area contributed by atoms with Crippen LogP contribution in [-0.4, -0.2) is 48.3 Å². The van der Waals surface area contributed by atoms with Gasteiger partial charge in [-0.2, -0.15) is 0 Å².